The standard InChI is InChI=1S/C20H24N2O4/c1-14(2)20(24)22-16-6-4-15(5-7-16)12-21-19(23)13-26-18-10-8-17(25-3)9-11-18/h4-11,14H,12-13H2,1-3H3,(H,21,23)(H,22,24). The summed E-state index contributed by atoms with van der Waals surface area (Å²) in [6.45, 7) is 4.01. The van der Waals surface area contributed by atoms with E-state index in [1.165, 1.54) is 0 Å². The summed E-state index contributed by atoms with van der Waals surface area (Å²) in [6, 6.07) is 14.4. The molecule has 6 nitrogen and oxygen atoms in total. The quantitative estimate of drug-likeness (QED) is 0.762. The Morgan fingerprint density at radius 1 is 0.962 bits per heavy atom. The van der Waals surface area contributed by atoms with Gasteiger partial charge in [0.05, 0.1) is 7.11 Å². The molecule has 0 aliphatic carbocycles. The number of benzene rings is 2. The van der Waals surface area contributed by atoms with Crippen LogP contribution in [0.4, 0.5) is 5.69 Å². The largest absolute Gasteiger partial charge is 0.497 e. The molecule has 0 spiro atoms. The highest BCUT2D eigenvalue weighted by Crippen LogP contribution is 2.16. The Kier molecular flexibility index (Phi) is 7.02. The molecule has 0 unspecified atom stereocenters. The van der Waals surface area contributed by atoms with Gasteiger partial charge < -0.3 is 20.1 Å². The molecule has 26 heavy (non-hydrogen) atoms. The minimum atomic E-state index is -0.210. The first-order chi connectivity index (χ1) is 12.5. The molecule has 2 rings (SSSR count). The summed E-state index contributed by atoms with van der Waals surface area (Å²) in [5, 5.41) is 5.62. The van der Waals surface area contributed by atoms with E-state index in [1.54, 1.807) is 31.4 Å². The molecule has 0 aromatic heterocycles. The number of anilines is 1. The van der Waals surface area contributed by atoms with Crippen LogP contribution in [0.5, 0.6) is 11.5 Å². The molecule has 0 aliphatic rings. The number of carbonyl (C=O) groups excluding carboxylic acids is 2. The van der Waals surface area contributed by atoms with Crippen molar-refractivity contribution in [2.75, 3.05) is 19.0 Å². The molecule has 0 heterocycles. The Morgan fingerprint density at radius 3 is 2.15 bits per heavy atom. The van der Waals surface area contributed by atoms with Gasteiger partial charge in [-0.15, -0.1) is 0 Å². The van der Waals surface area contributed by atoms with E-state index in [2.05, 4.69) is 10.6 Å². The van der Waals surface area contributed by atoms with E-state index in [-0.39, 0.29) is 24.3 Å². The molecule has 2 aromatic carbocycles. The number of methoxy groups -OCH3 is 1. The maximum atomic E-state index is 11.9. The van der Waals surface area contributed by atoms with Gasteiger partial charge >= 0.3 is 0 Å². The Balaban J connectivity index is 1.75. The van der Waals surface area contributed by atoms with Gasteiger partial charge in [0.25, 0.3) is 5.91 Å². The lowest BCUT2D eigenvalue weighted by atomic mass is 10.1. The highest BCUT2D eigenvalue weighted by atomic mass is 16.5. The highest BCUT2D eigenvalue weighted by Gasteiger charge is 2.07. The summed E-state index contributed by atoms with van der Waals surface area (Å²) in [5.74, 6) is 1.03. The fraction of sp³-hybridized carbons (Fsp3) is 0.300. The normalized spacial score (nSPS) is 10.3. The fourth-order valence-corrected chi connectivity index (χ4v) is 2.07. The first-order valence-electron chi connectivity index (χ1n) is 8.41. The number of nitrogens with one attached hydrogen (secondary N) is 2. The predicted molar refractivity (Wildman–Crippen MR) is 100 cm³/mol. The summed E-state index contributed by atoms with van der Waals surface area (Å²) in [5.41, 5.74) is 1.67. The lowest BCUT2D eigenvalue weighted by molar-refractivity contribution is -0.123. The molecule has 0 radical (unpaired) electrons. The van der Waals surface area contributed by atoms with Crippen molar-refractivity contribution in [3.63, 3.8) is 0 Å². The maximum Gasteiger partial charge on any atom is 0.258 e. The first-order valence-corrected chi connectivity index (χ1v) is 8.41. The number of rotatable bonds is 8. The minimum Gasteiger partial charge on any atom is -0.497 e. The smallest absolute Gasteiger partial charge is 0.258 e. The van der Waals surface area contributed by atoms with E-state index in [1.807, 2.05) is 38.1 Å². The number of hydrogen-bond donors (Lipinski definition) is 2. The zero-order valence-corrected chi connectivity index (χ0v) is 15.2. The van der Waals surface area contributed by atoms with E-state index < -0.39 is 0 Å². The average Bonchev–Trinajstić information content (AvgIpc) is 2.66. The fourth-order valence-electron chi connectivity index (χ4n) is 2.07. The minimum absolute atomic E-state index is 0.0262. The lowest BCUT2D eigenvalue weighted by Crippen LogP contribution is -2.28. The van der Waals surface area contributed by atoms with E-state index in [0.29, 0.717) is 12.3 Å². The van der Waals surface area contributed by atoms with Crippen LogP contribution in [-0.4, -0.2) is 25.5 Å². The van der Waals surface area contributed by atoms with E-state index in [0.717, 1.165) is 17.0 Å². The summed E-state index contributed by atoms with van der Waals surface area (Å²) in [6.07, 6.45) is 0. The van der Waals surface area contributed by atoms with Crippen molar-refractivity contribution in [1.29, 1.82) is 0 Å². The van der Waals surface area contributed by atoms with Gasteiger partial charge in [0.15, 0.2) is 6.61 Å². The van der Waals surface area contributed by atoms with E-state index in [4.69, 9.17) is 9.47 Å². The molecule has 2 N–H and O–H groups in total. The Hall–Kier alpha value is -3.02. The van der Waals surface area contributed by atoms with Crippen molar-refractivity contribution in [3.05, 3.63) is 54.1 Å². The van der Waals surface area contributed by atoms with Gasteiger partial charge in [-0.2, -0.15) is 0 Å². The molecule has 0 fully saturated rings. The van der Waals surface area contributed by atoms with Crippen molar-refractivity contribution in [2.24, 2.45) is 5.92 Å². The zero-order valence-electron chi connectivity index (χ0n) is 15.2. The topological polar surface area (TPSA) is 76.7 Å². The molecular formula is C20H24N2O4. The number of amides is 2. The third-order valence-corrected chi connectivity index (χ3v) is 3.66. The molecule has 0 saturated heterocycles. The molecular weight excluding hydrogens is 332 g/mol. The monoisotopic (exact) mass is 356 g/mol. The van der Waals surface area contributed by atoms with Crippen LogP contribution in [0.2, 0.25) is 0 Å². The lowest BCUT2D eigenvalue weighted by Gasteiger charge is -2.10. The van der Waals surface area contributed by atoms with Crippen LogP contribution in [-0.2, 0) is 16.1 Å². The summed E-state index contributed by atoms with van der Waals surface area (Å²) in [7, 11) is 1.59. The highest BCUT2D eigenvalue weighted by molar-refractivity contribution is 5.92. The summed E-state index contributed by atoms with van der Waals surface area (Å²) < 4.78 is 10.5. The molecule has 0 aliphatic heterocycles. The maximum absolute atomic E-state index is 11.9. The van der Waals surface area contributed by atoms with Gasteiger partial charge in [-0.25, -0.2) is 0 Å². The molecule has 0 saturated carbocycles. The Morgan fingerprint density at radius 2 is 1.58 bits per heavy atom. The SMILES string of the molecule is COc1ccc(OCC(=O)NCc2ccc(NC(=O)C(C)C)cc2)cc1. The molecule has 6 heteroatoms. The third kappa shape index (κ3) is 6.12. The van der Waals surface area contributed by atoms with Crippen LogP contribution >= 0.6 is 0 Å². The van der Waals surface area contributed by atoms with Crippen molar-refractivity contribution in [3.8, 4) is 11.5 Å². The van der Waals surface area contributed by atoms with Gasteiger partial charge in [0.1, 0.15) is 11.5 Å². The van der Waals surface area contributed by atoms with Crippen LogP contribution in [0, 0.1) is 5.92 Å². The van der Waals surface area contributed by atoms with Crippen LogP contribution in [0.15, 0.2) is 48.5 Å². The Labute approximate surface area is 153 Å². The van der Waals surface area contributed by atoms with Gasteiger partial charge in [0, 0.05) is 18.2 Å². The second-order valence-electron chi connectivity index (χ2n) is 6.08. The zero-order chi connectivity index (χ0) is 18.9. The van der Waals surface area contributed by atoms with Gasteiger partial charge in [-0.3, -0.25) is 9.59 Å². The van der Waals surface area contributed by atoms with Crippen molar-refractivity contribution in [2.45, 2.75) is 20.4 Å². The number of hydrogen-bond acceptors (Lipinski definition) is 4. The van der Waals surface area contributed by atoms with Gasteiger partial charge in [-0.05, 0) is 42.0 Å². The van der Waals surface area contributed by atoms with Crippen molar-refractivity contribution >= 4 is 17.5 Å². The molecule has 0 atom stereocenters. The van der Waals surface area contributed by atoms with Crippen molar-refractivity contribution < 1.29 is 19.1 Å². The Bertz CT molecular complexity index is 724. The average molecular weight is 356 g/mol. The van der Waals surface area contributed by atoms with Crippen LogP contribution in [0.1, 0.15) is 19.4 Å². The summed E-state index contributed by atoms with van der Waals surface area (Å²) in [4.78, 5) is 23.5. The number of carbonyl (C=O) groups is 2. The van der Waals surface area contributed by atoms with Crippen LogP contribution in [0.25, 0.3) is 0 Å². The van der Waals surface area contributed by atoms with Gasteiger partial charge in [0.2, 0.25) is 5.91 Å². The second-order valence-corrected chi connectivity index (χ2v) is 6.08. The second kappa shape index (κ2) is 9.46. The first kappa shape index (κ1) is 19.3. The van der Waals surface area contributed by atoms with Gasteiger partial charge in [-0.1, -0.05) is 26.0 Å². The third-order valence-electron chi connectivity index (χ3n) is 3.66. The molecule has 0 bridgehead atoms. The van der Waals surface area contributed by atoms with Crippen LogP contribution in [0.3, 0.4) is 0 Å². The van der Waals surface area contributed by atoms with Crippen molar-refractivity contribution in [1.82, 2.24) is 5.32 Å². The predicted octanol–water partition coefficient (Wildman–Crippen LogP) is 2.98. The molecule has 2 aromatic rings. The molecule has 138 valence electrons. The van der Waals surface area contributed by atoms with Crippen LogP contribution < -0.4 is 20.1 Å². The van der Waals surface area contributed by atoms with E-state index >= 15 is 0 Å². The summed E-state index contributed by atoms with van der Waals surface area (Å²) >= 11 is 0. The number of ether oxygens (including phenoxy) is 2. The van der Waals surface area contributed by atoms with E-state index in [9.17, 15) is 9.59 Å². The molecule has 2 amide bonds.